The lowest BCUT2D eigenvalue weighted by atomic mass is 9.87. The topological polar surface area (TPSA) is 3.88 Å². The van der Waals surface area contributed by atoms with E-state index in [-0.39, 0.29) is 0 Å². The van der Waals surface area contributed by atoms with Crippen LogP contribution in [0.5, 0.6) is 0 Å². The van der Waals surface area contributed by atoms with E-state index in [1.54, 1.807) is 0 Å². The molecule has 0 N–H and O–H groups in total. The third kappa shape index (κ3) is 2.62. The monoisotopic (exact) mass is 274 g/mol. The fourth-order valence-corrected chi connectivity index (χ4v) is 3.24. The Morgan fingerprint density at radius 2 is 1.81 bits per heavy atom. The van der Waals surface area contributed by atoms with Gasteiger partial charge in [0.05, 0.1) is 0 Å². The molecule has 1 aliphatic carbocycles. The number of aryl methyl sites for hydroxylation is 3. The van der Waals surface area contributed by atoms with Crippen LogP contribution in [0, 0.1) is 26.2 Å². The van der Waals surface area contributed by atoms with Crippen LogP contribution in [0.4, 0.5) is 0 Å². The Hall–Kier alpha value is -2.33. The average Bonchev–Trinajstić information content (AvgIpc) is 2.47. The highest BCUT2D eigenvalue weighted by Gasteiger charge is 2.24. The predicted octanol–water partition coefficient (Wildman–Crippen LogP) is 3.93. The number of nitrogens with zero attached hydrogens (tertiary/aromatic N) is 1. The number of aromatic nitrogens is 1. The highest BCUT2D eigenvalue weighted by atomic mass is 15.0. The minimum Gasteiger partial charge on any atom is -0.170 e. The predicted molar refractivity (Wildman–Crippen MR) is 87.4 cm³/mol. The number of allylic oxidation sites excluding steroid dienone is 2. The maximum Gasteiger partial charge on any atom is 0.192 e. The summed E-state index contributed by atoms with van der Waals surface area (Å²) in [6, 6.07) is 10.8. The van der Waals surface area contributed by atoms with Crippen molar-refractivity contribution in [2.45, 2.75) is 33.1 Å². The van der Waals surface area contributed by atoms with E-state index in [1.807, 2.05) is 0 Å². The van der Waals surface area contributed by atoms with Crippen LogP contribution >= 0.6 is 0 Å². The Balaban J connectivity index is 2.21. The van der Waals surface area contributed by atoms with E-state index < -0.39 is 0 Å². The van der Waals surface area contributed by atoms with Crippen LogP contribution in [-0.4, -0.2) is 0 Å². The van der Waals surface area contributed by atoms with Crippen LogP contribution < -0.4 is 4.57 Å². The van der Waals surface area contributed by atoms with Crippen LogP contribution in [0.25, 0.3) is 11.3 Å². The second-order valence-electron chi connectivity index (χ2n) is 5.76. The van der Waals surface area contributed by atoms with Gasteiger partial charge in [0.1, 0.15) is 0 Å². The second-order valence-corrected chi connectivity index (χ2v) is 5.76. The quantitative estimate of drug-likeness (QED) is 0.577. The van der Waals surface area contributed by atoms with Crippen molar-refractivity contribution in [1.29, 1.82) is 0 Å². The molecule has 1 heterocycles. The fourth-order valence-electron chi connectivity index (χ4n) is 3.24. The maximum atomic E-state index is 5.62. The molecule has 1 aliphatic rings. The molecule has 21 heavy (non-hydrogen) atoms. The zero-order chi connectivity index (χ0) is 14.8. The number of terminal acetylenes is 1. The number of fused-ring (bicyclic) bond motifs is 1. The van der Waals surface area contributed by atoms with Gasteiger partial charge in [0.25, 0.3) is 0 Å². The van der Waals surface area contributed by atoms with Gasteiger partial charge in [-0.25, -0.2) is 0 Å². The largest absolute Gasteiger partial charge is 0.192 e. The van der Waals surface area contributed by atoms with Gasteiger partial charge in [-0.3, -0.25) is 0 Å². The highest BCUT2D eigenvalue weighted by Crippen LogP contribution is 2.33. The van der Waals surface area contributed by atoms with E-state index in [1.165, 1.54) is 33.5 Å². The molecular formula is C20H20N+. The Morgan fingerprint density at radius 3 is 2.52 bits per heavy atom. The molecule has 1 aromatic carbocycles. The van der Waals surface area contributed by atoms with Gasteiger partial charge >= 0.3 is 0 Å². The van der Waals surface area contributed by atoms with Crippen LogP contribution in [0.15, 0.2) is 42.7 Å². The third-order valence-electron chi connectivity index (χ3n) is 4.05. The van der Waals surface area contributed by atoms with Gasteiger partial charge in [-0.2, -0.15) is 4.57 Å². The minimum absolute atomic E-state index is 0.687. The van der Waals surface area contributed by atoms with E-state index in [4.69, 9.17) is 6.42 Å². The summed E-state index contributed by atoms with van der Waals surface area (Å²) in [6.45, 7) is 4.28. The van der Waals surface area contributed by atoms with E-state index in [0.29, 0.717) is 6.42 Å². The molecule has 0 atom stereocenters. The van der Waals surface area contributed by atoms with Gasteiger partial charge < -0.3 is 0 Å². The van der Waals surface area contributed by atoms with Crippen LogP contribution in [0.3, 0.4) is 0 Å². The molecule has 1 nitrogen and oxygen atoms in total. The van der Waals surface area contributed by atoms with Crippen molar-refractivity contribution in [3.63, 3.8) is 0 Å². The Bertz CT molecular complexity index is 739. The summed E-state index contributed by atoms with van der Waals surface area (Å²) in [5, 5.41) is 0. The number of rotatable bonds is 2. The van der Waals surface area contributed by atoms with Crippen molar-refractivity contribution in [1.82, 2.24) is 0 Å². The van der Waals surface area contributed by atoms with Gasteiger partial charge in [0, 0.05) is 29.5 Å². The number of hydrogen-bond donors (Lipinski definition) is 0. The first-order valence-corrected chi connectivity index (χ1v) is 7.42. The standard InChI is InChI=1S/C20H20N/c1-4-7-19-18-9-6-5-8-17(18)10-11-20(19)21-13-15(2)12-16(3)14-21/h1,5-6,8-9,12-14H,7,10-11H2,2-3H3/q+1. The normalized spacial score (nSPS) is 13.8. The molecule has 0 fully saturated rings. The van der Waals surface area contributed by atoms with Crippen molar-refractivity contribution in [2.24, 2.45) is 0 Å². The van der Waals surface area contributed by atoms with Gasteiger partial charge in [-0.05, 0) is 37.5 Å². The molecule has 0 bridgehead atoms. The van der Waals surface area contributed by atoms with Crippen molar-refractivity contribution in [3.05, 3.63) is 65.0 Å². The molecular weight excluding hydrogens is 254 g/mol. The average molecular weight is 274 g/mol. The summed E-state index contributed by atoms with van der Waals surface area (Å²) in [6.07, 6.45) is 12.8. The molecule has 1 aromatic heterocycles. The lowest BCUT2D eigenvalue weighted by Crippen LogP contribution is -2.35. The summed E-state index contributed by atoms with van der Waals surface area (Å²) >= 11 is 0. The summed E-state index contributed by atoms with van der Waals surface area (Å²) in [7, 11) is 0. The molecule has 2 aromatic rings. The first-order chi connectivity index (χ1) is 10.2. The van der Waals surface area contributed by atoms with E-state index in [0.717, 1.165) is 12.8 Å². The first-order valence-electron chi connectivity index (χ1n) is 7.42. The Morgan fingerprint density at radius 1 is 1.10 bits per heavy atom. The van der Waals surface area contributed by atoms with Crippen molar-refractivity contribution in [3.8, 4) is 12.3 Å². The van der Waals surface area contributed by atoms with Crippen molar-refractivity contribution < 1.29 is 4.57 Å². The fraction of sp³-hybridized carbons (Fsp3) is 0.250. The van der Waals surface area contributed by atoms with Gasteiger partial charge in [-0.1, -0.05) is 24.3 Å². The molecule has 3 rings (SSSR count). The molecule has 1 heteroatoms. The van der Waals surface area contributed by atoms with Gasteiger partial charge in [-0.15, -0.1) is 12.3 Å². The van der Waals surface area contributed by atoms with Crippen LogP contribution in [-0.2, 0) is 6.42 Å². The summed E-state index contributed by atoms with van der Waals surface area (Å²) in [5.74, 6) is 2.84. The number of benzene rings is 1. The summed E-state index contributed by atoms with van der Waals surface area (Å²) in [5.41, 5.74) is 7.94. The zero-order valence-electron chi connectivity index (χ0n) is 12.7. The smallest absolute Gasteiger partial charge is 0.170 e. The minimum atomic E-state index is 0.687. The number of hydrogen-bond acceptors (Lipinski definition) is 0. The second kappa shape index (κ2) is 5.58. The first kappa shape index (κ1) is 13.6. The van der Waals surface area contributed by atoms with Gasteiger partial charge in [0.2, 0.25) is 0 Å². The van der Waals surface area contributed by atoms with Gasteiger partial charge in [0.15, 0.2) is 18.1 Å². The highest BCUT2D eigenvalue weighted by molar-refractivity contribution is 5.84. The molecule has 0 unspecified atom stereocenters. The van der Waals surface area contributed by atoms with E-state index in [9.17, 15) is 0 Å². The molecule has 0 radical (unpaired) electrons. The molecule has 0 aliphatic heterocycles. The molecule has 0 saturated heterocycles. The lowest BCUT2D eigenvalue weighted by Gasteiger charge is -2.19. The molecule has 0 spiro atoms. The SMILES string of the molecule is C#CCC1=C([n+]2cc(C)cc(C)c2)CCc2ccccc21. The zero-order valence-corrected chi connectivity index (χ0v) is 12.7. The Labute approximate surface area is 127 Å². The van der Waals surface area contributed by atoms with Crippen LogP contribution in [0.2, 0.25) is 0 Å². The van der Waals surface area contributed by atoms with Crippen molar-refractivity contribution in [2.75, 3.05) is 0 Å². The van der Waals surface area contributed by atoms with Crippen LogP contribution in [0.1, 0.15) is 35.1 Å². The molecule has 0 amide bonds. The van der Waals surface area contributed by atoms with Crippen molar-refractivity contribution >= 4 is 11.3 Å². The summed E-state index contributed by atoms with van der Waals surface area (Å²) < 4.78 is 2.27. The maximum absolute atomic E-state index is 5.62. The van der Waals surface area contributed by atoms with E-state index in [2.05, 4.69) is 67.1 Å². The third-order valence-corrected chi connectivity index (χ3v) is 4.05. The van der Waals surface area contributed by atoms with E-state index >= 15 is 0 Å². The molecule has 0 saturated carbocycles. The molecule has 104 valence electrons. The Kier molecular flexibility index (Phi) is 3.62. The number of pyridine rings is 1. The summed E-state index contributed by atoms with van der Waals surface area (Å²) in [4.78, 5) is 0. The lowest BCUT2D eigenvalue weighted by molar-refractivity contribution is -0.583.